The van der Waals surface area contributed by atoms with Gasteiger partial charge in [-0.25, -0.2) is 9.25 Å². The Kier molecular flexibility index (Phi) is 48.3. The molecule has 17 N–H and O–H groups in total. The average Bonchev–Trinajstić information content (AvgIpc) is 1.66. The number of aromatic nitrogens is 3. The predicted molar refractivity (Wildman–Crippen MR) is 472 cm³/mol. The van der Waals surface area contributed by atoms with Crippen LogP contribution < -0.4 is 42.1 Å². The zero-order chi connectivity index (χ0) is 94.7. The van der Waals surface area contributed by atoms with Crippen molar-refractivity contribution in [3.8, 4) is 22.5 Å². The monoisotopic (exact) mass is 1880 g/mol. The highest BCUT2D eigenvalue weighted by atomic mass is 31.2. The van der Waals surface area contributed by atoms with E-state index in [1.807, 2.05) is 41.1 Å². The van der Waals surface area contributed by atoms with Gasteiger partial charge in [0.1, 0.15) is 84.3 Å². The van der Waals surface area contributed by atoms with Crippen molar-refractivity contribution in [3.63, 3.8) is 0 Å². The minimum Gasteiger partial charge on any atom is -0.394 e. The highest BCUT2D eigenvalue weighted by Gasteiger charge is 2.49. The van der Waals surface area contributed by atoms with Crippen LogP contribution in [0.15, 0.2) is 48.5 Å². The topological polar surface area (TPSA) is 579 Å². The maximum Gasteiger partial charge on any atom is 0.471 e. The molecule has 5 aliphatic heterocycles. The average molecular weight is 1880 g/mol. The molecule has 6 heterocycles. The minimum atomic E-state index is -4.18. The normalized spacial score (nSPS) is 24.2. The minimum absolute atomic E-state index is 0.00411. The number of nitrogens with zero attached hydrogens (tertiary/aromatic N) is 5. The van der Waals surface area contributed by atoms with Crippen LogP contribution in [0, 0.1) is 5.92 Å². The third-order valence-corrected chi connectivity index (χ3v) is 24.6. The highest BCUT2D eigenvalue weighted by Crippen LogP contribution is 2.44. The molecule has 740 valence electrons. The molecule has 0 bridgehead atoms. The number of aryl methyl sites for hydroxylation is 1. The summed E-state index contributed by atoms with van der Waals surface area (Å²) < 4.78 is 77.2. The van der Waals surface area contributed by atoms with E-state index in [2.05, 4.69) is 64.0 Å². The molecule has 16 unspecified atom stereocenters. The number of carbonyl (C=O) groups is 8. The van der Waals surface area contributed by atoms with Crippen LogP contribution in [0.2, 0.25) is 0 Å². The largest absolute Gasteiger partial charge is 0.471 e. The number of benzene rings is 2. The predicted octanol–water partition coefficient (Wildman–Crippen LogP) is 0.651. The first-order valence-electron chi connectivity index (χ1n) is 46.2. The van der Waals surface area contributed by atoms with E-state index in [1.165, 1.54) is 20.8 Å². The van der Waals surface area contributed by atoms with Crippen LogP contribution in [0.4, 0.5) is 5.69 Å². The summed E-state index contributed by atoms with van der Waals surface area (Å²) in [5, 5.41) is 121. The van der Waals surface area contributed by atoms with Gasteiger partial charge in [0.2, 0.25) is 47.3 Å². The Hall–Kier alpha value is -7.47. The summed E-state index contributed by atoms with van der Waals surface area (Å²) in [6.45, 7) is 4.56. The van der Waals surface area contributed by atoms with Gasteiger partial charge in [-0.3, -0.25) is 47.4 Å². The lowest BCUT2D eigenvalue weighted by Gasteiger charge is -2.42. The van der Waals surface area contributed by atoms with Crippen molar-refractivity contribution in [1.82, 2.24) is 57.1 Å². The van der Waals surface area contributed by atoms with Crippen molar-refractivity contribution in [1.29, 1.82) is 0 Å². The van der Waals surface area contributed by atoms with Crippen molar-refractivity contribution < 1.29 is 145 Å². The first-order chi connectivity index (χ1) is 63.1. The number of carbonyl (C=O) groups excluding carboxylic acids is 8. The summed E-state index contributed by atoms with van der Waals surface area (Å²) in [7, 11) is -3.06. The Balaban J connectivity index is 0.833. The number of unbranched alkanes of at least 4 members (excludes halogenated alkanes) is 14. The molecular weight excluding hydrogens is 1740 g/mol. The van der Waals surface area contributed by atoms with E-state index in [-0.39, 0.29) is 115 Å². The van der Waals surface area contributed by atoms with Crippen LogP contribution in [-0.4, -0.2) is 348 Å². The number of anilines is 1. The molecule has 131 heavy (non-hydrogen) atoms. The molecule has 1 aromatic heterocycles. The number of para-hydroxylation sites is 1. The van der Waals surface area contributed by atoms with Gasteiger partial charge in [-0.2, -0.15) is 0 Å². The lowest BCUT2D eigenvalue weighted by atomic mass is 9.93. The second-order valence-corrected chi connectivity index (χ2v) is 35.6. The lowest BCUT2D eigenvalue weighted by molar-refractivity contribution is -0.270. The van der Waals surface area contributed by atoms with Gasteiger partial charge in [-0.1, -0.05) is 112 Å². The third kappa shape index (κ3) is 35.9. The maximum atomic E-state index is 14.8. The molecule has 2 aromatic carbocycles. The van der Waals surface area contributed by atoms with E-state index >= 15 is 0 Å². The second kappa shape index (κ2) is 58.1. The van der Waals surface area contributed by atoms with Gasteiger partial charge >= 0.3 is 7.82 Å². The SMILES string of the molecule is COP(=O)(O)OCCN1Cc2ccccc2-c2c(nnn2CCCCCCCCC(=O)N2CCC(C(=O)NC(COCCC(=O)NCCCCCCOC3OC(CO)C(O)C(O)C3NC(C)=O)(COCCC(=O)NCCCCCCOC3OC(CO)C(O)C(O)C3NC(C)=O)COCCC(=O)NCCCCCCOC3OC(CO)C(O)C(O)C3NC(C)=O)CC2)-c2ccccc21. The first kappa shape index (κ1) is 109. The second-order valence-electron chi connectivity index (χ2n) is 34.0. The number of piperidine rings is 1. The number of aliphatic hydroxyl groups is 9. The molecule has 0 spiro atoms. The maximum absolute atomic E-state index is 14.8. The quantitative estimate of drug-likeness (QED) is 0.0272. The van der Waals surface area contributed by atoms with Crippen molar-refractivity contribution >= 4 is 60.8 Å². The number of hydrogen-bond acceptors (Lipinski definition) is 32. The number of nitrogens with one attached hydrogen (secondary N) is 7. The van der Waals surface area contributed by atoms with E-state index in [9.17, 15) is 93.8 Å². The van der Waals surface area contributed by atoms with Crippen LogP contribution in [-0.2, 0) is 108 Å². The standard InChI is InChI=1S/C88H143N12O30P/c1-58(104)92-74-81(114)78(111)66(52-101)128-85(74)124-44-24-12-8-20-37-89-69(107)34-47-121-55-88(56-122-48-35-70(108)90-38-21-9-13-25-45-125-86-75(93-59(2)105)82(115)79(112)67(53-102)129-86,57-123-49-36-71(109)91-39-22-10-14-26-46-126-87-76(94-60(3)106)83(116)80(113)68(54-103)130-87)95-84(117)61-32-41-98(42-33-61)72(110)31-15-7-5-6-11-23-40-100-77-63-28-17-16-27-62(63)51-99(43-50-127-131(118,119)120-4)65-30-19-18-29-64(65)73(77)96-97-100/h16-19,27-30,61,66-68,74-76,78-83,85-87,101-103,111-116H,5-15,20-26,31-57H2,1-4H3,(H,89,107)(H,90,108)(H,91,109)(H,92,104)(H,93,105)(H,94,106)(H,95,117)(H,118,119). The summed E-state index contributed by atoms with van der Waals surface area (Å²) in [5.74, 6) is -3.29. The van der Waals surface area contributed by atoms with Crippen LogP contribution in [0.5, 0.6) is 0 Å². The molecule has 16 atom stereocenters. The smallest absolute Gasteiger partial charge is 0.394 e. The number of likely N-dealkylation sites (tertiary alicyclic amines) is 1. The molecule has 4 fully saturated rings. The van der Waals surface area contributed by atoms with E-state index in [0.717, 1.165) is 73.0 Å². The Labute approximate surface area is 765 Å². The number of amides is 8. The van der Waals surface area contributed by atoms with Crippen LogP contribution in [0.1, 0.15) is 180 Å². The number of phosphoric acid groups is 1. The fourth-order valence-corrected chi connectivity index (χ4v) is 16.8. The lowest BCUT2D eigenvalue weighted by Crippen LogP contribution is -2.64. The highest BCUT2D eigenvalue weighted by molar-refractivity contribution is 7.47. The van der Waals surface area contributed by atoms with E-state index in [4.69, 9.17) is 52.3 Å². The van der Waals surface area contributed by atoms with Gasteiger partial charge in [0, 0.05) is 148 Å². The molecule has 0 radical (unpaired) electrons. The number of ether oxygens (including phenoxy) is 9. The fourth-order valence-electron chi connectivity index (χ4n) is 16.4. The number of phosphoric ester groups is 1. The molecule has 3 aromatic rings. The van der Waals surface area contributed by atoms with E-state index in [0.29, 0.717) is 155 Å². The van der Waals surface area contributed by atoms with Crippen molar-refractivity contribution in [2.75, 3.05) is 137 Å². The van der Waals surface area contributed by atoms with Crippen molar-refractivity contribution in [2.24, 2.45) is 5.92 Å². The van der Waals surface area contributed by atoms with Gasteiger partial charge in [0.25, 0.3) is 0 Å². The number of rotatable bonds is 61. The number of hydrogen-bond donors (Lipinski definition) is 17. The Morgan fingerprint density at radius 1 is 0.489 bits per heavy atom. The van der Waals surface area contributed by atoms with Gasteiger partial charge < -0.3 is 141 Å². The summed E-state index contributed by atoms with van der Waals surface area (Å²) in [4.78, 5) is 118. The molecular formula is C88H143N12O30P. The Morgan fingerprint density at radius 2 is 0.893 bits per heavy atom. The summed E-state index contributed by atoms with van der Waals surface area (Å²) >= 11 is 0. The molecule has 0 saturated carbocycles. The van der Waals surface area contributed by atoms with Gasteiger partial charge in [0.05, 0.1) is 71.8 Å². The molecule has 5 aliphatic rings. The van der Waals surface area contributed by atoms with Gasteiger partial charge in [0.15, 0.2) is 18.9 Å². The number of aliphatic hydroxyl groups excluding tert-OH is 9. The van der Waals surface area contributed by atoms with Gasteiger partial charge in [-0.05, 0) is 75.8 Å². The first-order valence-corrected chi connectivity index (χ1v) is 47.7. The Morgan fingerprint density at radius 3 is 1.33 bits per heavy atom. The van der Waals surface area contributed by atoms with Crippen molar-refractivity contribution in [2.45, 2.75) is 285 Å². The molecule has 0 aliphatic carbocycles. The molecule has 8 amide bonds. The van der Waals surface area contributed by atoms with Crippen LogP contribution >= 0.6 is 7.82 Å². The third-order valence-electron chi connectivity index (χ3n) is 23.7. The molecule has 4 saturated heterocycles. The van der Waals surface area contributed by atoms with E-state index < -0.39 is 149 Å². The summed E-state index contributed by atoms with van der Waals surface area (Å²) in [6.07, 6.45) is -1.84. The summed E-state index contributed by atoms with van der Waals surface area (Å²) in [5.41, 5.74) is 3.96. The van der Waals surface area contributed by atoms with Gasteiger partial charge in [-0.15, -0.1) is 5.10 Å². The number of fused-ring (bicyclic) bond motifs is 5. The molecule has 42 nitrogen and oxygen atoms in total. The van der Waals surface area contributed by atoms with Crippen molar-refractivity contribution in [3.05, 3.63) is 54.1 Å². The summed E-state index contributed by atoms with van der Waals surface area (Å²) in [6, 6.07) is 12.7. The zero-order valence-corrected chi connectivity index (χ0v) is 76.9. The zero-order valence-electron chi connectivity index (χ0n) is 76.0. The molecule has 8 rings (SSSR count). The molecule has 43 heteroatoms. The Bertz CT molecular complexity index is 3780. The fraction of sp³-hybridized carbons (Fsp3) is 0.750. The van der Waals surface area contributed by atoms with Crippen LogP contribution in [0.3, 0.4) is 0 Å². The van der Waals surface area contributed by atoms with Crippen LogP contribution in [0.25, 0.3) is 22.5 Å². The van der Waals surface area contributed by atoms with E-state index in [1.54, 1.807) is 4.90 Å².